The second-order valence-electron chi connectivity index (χ2n) is 1.60. The summed E-state index contributed by atoms with van der Waals surface area (Å²) in [5.41, 5.74) is -0.149. The molecule has 0 aliphatic carbocycles. The molecule has 2 N–H and O–H groups in total. The first-order valence-corrected chi connectivity index (χ1v) is 3.07. The summed E-state index contributed by atoms with van der Waals surface area (Å²) < 4.78 is 0. The lowest BCUT2D eigenvalue weighted by molar-refractivity contribution is 0.392. The van der Waals surface area contributed by atoms with Crippen LogP contribution >= 0.6 is 11.6 Å². The Morgan fingerprint density at radius 3 is 2.40 bits per heavy atom. The minimum atomic E-state index is -0.415. The van der Waals surface area contributed by atoms with Crippen molar-refractivity contribution in [1.29, 1.82) is 10.7 Å². The first-order chi connectivity index (χ1) is 4.63. The van der Waals surface area contributed by atoms with Crippen LogP contribution < -0.4 is 0 Å². The summed E-state index contributed by atoms with van der Waals surface area (Å²) in [6.07, 6.45) is 0.317. The minimum Gasteiger partial charge on any atom is -0.511 e. The van der Waals surface area contributed by atoms with Crippen molar-refractivity contribution in [2.75, 3.05) is 0 Å². The van der Waals surface area contributed by atoms with Crippen LogP contribution in [0.25, 0.3) is 0 Å². The quantitative estimate of drug-likeness (QED) is 0.366. The number of aliphatic hydroxyl groups is 1. The fourth-order valence-electron chi connectivity index (χ4n) is 0.417. The molecule has 0 fully saturated rings. The van der Waals surface area contributed by atoms with Crippen LogP contribution in [-0.4, -0.2) is 10.3 Å². The fourth-order valence-corrected chi connectivity index (χ4v) is 0.568. The Morgan fingerprint density at radius 2 is 2.30 bits per heavy atom. The molecule has 4 heteroatoms. The lowest BCUT2D eigenvalue weighted by Crippen LogP contribution is -1.94. The van der Waals surface area contributed by atoms with Gasteiger partial charge in [0.25, 0.3) is 0 Å². The number of rotatable bonds is 2. The number of nitriles is 1. The van der Waals surface area contributed by atoms with Gasteiger partial charge in [-0.2, -0.15) is 5.26 Å². The zero-order valence-corrected chi connectivity index (χ0v) is 6.24. The van der Waals surface area contributed by atoms with Gasteiger partial charge in [-0.1, -0.05) is 18.5 Å². The number of nitrogens with zero attached hydrogens (tertiary/aromatic N) is 1. The van der Waals surface area contributed by atoms with Crippen molar-refractivity contribution in [1.82, 2.24) is 0 Å². The summed E-state index contributed by atoms with van der Waals surface area (Å²) in [5, 5.41) is 23.6. The lowest BCUT2D eigenvalue weighted by Gasteiger charge is -1.95. The van der Waals surface area contributed by atoms with E-state index in [1.807, 2.05) is 0 Å². The molecule has 0 aromatic rings. The molecule has 0 aliphatic rings. The Hall–Kier alpha value is -1.01. The van der Waals surface area contributed by atoms with Crippen LogP contribution in [0.15, 0.2) is 11.3 Å². The van der Waals surface area contributed by atoms with E-state index >= 15 is 0 Å². The van der Waals surface area contributed by atoms with Crippen LogP contribution in [0.3, 0.4) is 0 Å². The van der Waals surface area contributed by atoms with Crippen LogP contribution in [-0.2, 0) is 0 Å². The molecule has 0 radical (unpaired) electrons. The standard InChI is InChI=1S/C6H7ClN2O/c1-2-5(10)4(3-8)6(7)9/h9-10H,2H2,1H3/b5-4-,9-6?. The zero-order valence-electron chi connectivity index (χ0n) is 5.48. The molecule has 0 atom stereocenters. The van der Waals surface area contributed by atoms with Gasteiger partial charge in [0.1, 0.15) is 22.6 Å². The van der Waals surface area contributed by atoms with E-state index in [0.717, 1.165) is 0 Å². The highest BCUT2D eigenvalue weighted by molar-refractivity contribution is 6.69. The second-order valence-corrected chi connectivity index (χ2v) is 1.98. The number of hydrogen-bond donors (Lipinski definition) is 2. The third-order valence-corrected chi connectivity index (χ3v) is 1.14. The minimum absolute atomic E-state index is 0.137. The van der Waals surface area contributed by atoms with Gasteiger partial charge in [0.2, 0.25) is 0 Å². The van der Waals surface area contributed by atoms with Crippen LogP contribution in [0.4, 0.5) is 0 Å². The molecule has 0 amide bonds. The van der Waals surface area contributed by atoms with E-state index in [1.54, 1.807) is 13.0 Å². The second kappa shape index (κ2) is 3.91. The number of nitrogens with one attached hydrogen (secondary N) is 1. The Labute approximate surface area is 64.0 Å². The first kappa shape index (κ1) is 8.99. The molecule has 0 bridgehead atoms. The van der Waals surface area contributed by atoms with Crippen molar-refractivity contribution in [2.45, 2.75) is 13.3 Å². The molecule has 0 saturated heterocycles. The number of hydrogen-bond acceptors (Lipinski definition) is 3. The zero-order chi connectivity index (χ0) is 8.15. The van der Waals surface area contributed by atoms with Gasteiger partial charge in [-0.05, 0) is 0 Å². The SMILES string of the molecule is CC/C(O)=C(\C#N)C(=N)Cl. The molecular weight excluding hydrogens is 152 g/mol. The predicted molar refractivity (Wildman–Crippen MR) is 39.1 cm³/mol. The normalized spacial score (nSPS) is 11.7. The van der Waals surface area contributed by atoms with Crippen LogP contribution in [0.5, 0.6) is 0 Å². The lowest BCUT2D eigenvalue weighted by atomic mass is 10.2. The number of allylic oxidation sites excluding steroid dienone is 2. The summed E-state index contributed by atoms with van der Waals surface area (Å²) in [4.78, 5) is 0. The summed E-state index contributed by atoms with van der Waals surface area (Å²) >= 11 is 5.16. The van der Waals surface area contributed by atoms with Crippen molar-refractivity contribution < 1.29 is 5.11 Å². The van der Waals surface area contributed by atoms with Crippen LogP contribution in [0.1, 0.15) is 13.3 Å². The van der Waals surface area contributed by atoms with E-state index in [4.69, 9.17) is 27.4 Å². The predicted octanol–water partition coefficient (Wildman–Crippen LogP) is 1.95. The van der Waals surface area contributed by atoms with Gasteiger partial charge in [-0.3, -0.25) is 5.41 Å². The van der Waals surface area contributed by atoms with Gasteiger partial charge in [-0.15, -0.1) is 0 Å². The largest absolute Gasteiger partial charge is 0.511 e. The van der Waals surface area contributed by atoms with E-state index in [1.165, 1.54) is 0 Å². The molecule has 3 nitrogen and oxygen atoms in total. The van der Waals surface area contributed by atoms with Crippen molar-refractivity contribution in [3.8, 4) is 6.07 Å². The summed E-state index contributed by atoms with van der Waals surface area (Å²) in [6.45, 7) is 1.67. The van der Waals surface area contributed by atoms with E-state index in [0.29, 0.717) is 6.42 Å². The van der Waals surface area contributed by atoms with Gasteiger partial charge in [-0.25, -0.2) is 0 Å². The Morgan fingerprint density at radius 1 is 1.80 bits per heavy atom. The van der Waals surface area contributed by atoms with Gasteiger partial charge in [0.15, 0.2) is 0 Å². The maximum atomic E-state index is 8.92. The third-order valence-electron chi connectivity index (χ3n) is 0.955. The van der Waals surface area contributed by atoms with Crippen molar-refractivity contribution in [2.24, 2.45) is 0 Å². The van der Waals surface area contributed by atoms with E-state index in [-0.39, 0.29) is 11.3 Å². The van der Waals surface area contributed by atoms with Gasteiger partial charge in [0, 0.05) is 6.42 Å². The molecule has 0 unspecified atom stereocenters. The smallest absolute Gasteiger partial charge is 0.142 e. The molecule has 0 aromatic heterocycles. The summed E-state index contributed by atoms with van der Waals surface area (Å²) in [5.74, 6) is -0.137. The van der Waals surface area contributed by atoms with E-state index in [9.17, 15) is 0 Å². The van der Waals surface area contributed by atoms with Crippen molar-refractivity contribution in [3.63, 3.8) is 0 Å². The third kappa shape index (κ3) is 2.08. The average Bonchev–Trinajstić information content (AvgIpc) is 1.88. The maximum absolute atomic E-state index is 8.92. The highest BCUT2D eigenvalue weighted by Crippen LogP contribution is 2.07. The highest BCUT2D eigenvalue weighted by atomic mass is 35.5. The van der Waals surface area contributed by atoms with Gasteiger partial charge >= 0.3 is 0 Å². The van der Waals surface area contributed by atoms with Gasteiger partial charge < -0.3 is 5.11 Å². The molecule has 0 aliphatic heterocycles. The molecule has 0 heterocycles. The summed E-state index contributed by atoms with van der Waals surface area (Å²) in [7, 11) is 0. The molecule has 0 saturated carbocycles. The van der Waals surface area contributed by atoms with Crippen molar-refractivity contribution >= 4 is 16.8 Å². The maximum Gasteiger partial charge on any atom is 0.142 e. The highest BCUT2D eigenvalue weighted by Gasteiger charge is 2.05. The Kier molecular flexibility index (Phi) is 3.52. The topological polar surface area (TPSA) is 67.9 Å². The number of aliphatic hydroxyl groups excluding tert-OH is 1. The molecule has 10 heavy (non-hydrogen) atoms. The fraction of sp³-hybridized carbons (Fsp3) is 0.333. The monoisotopic (exact) mass is 158 g/mol. The molecular formula is C6H7ClN2O. The van der Waals surface area contributed by atoms with E-state index < -0.39 is 5.17 Å². The molecule has 0 rings (SSSR count). The Bertz CT molecular complexity index is 214. The molecule has 0 spiro atoms. The Balaban J connectivity index is 4.68. The van der Waals surface area contributed by atoms with Crippen LogP contribution in [0.2, 0.25) is 0 Å². The first-order valence-electron chi connectivity index (χ1n) is 2.70. The van der Waals surface area contributed by atoms with Gasteiger partial charge in [0.05, 0.1) is 0 Å². The average molecular weight is 159 g/mol. The van der Waals surface area contributed by atoms with Crippen molar-refractivity contribution in [3.05, 3.63) is 11.3 Å². The van der Waals surface area contributed by atoms with Crippen LogP contribution in [0, 0.1) is 16.7 Å². The molecule has 0 aromatic carbocycles. The summed E-state index contributed by atoms with van der Waals surface area (Å²) in [6, 6.07) is 1.63. The molecule has 54 valence electrons. The van der Waals surface area contributed by atoms with E-state index in [2.05, 4.69) is 0 Å². The number of halogens is 1.